The number of rotatable bonds is 4. The molecule has 0 aromatic heterocycles. The summed E-state index contributed by atoms with van der Waals surface area (Å²) >= 11 is 0. The fraction of sp³-hybridized carbons (Fsp3) is 0.125. The van der Waals surface area contributed by atoms with E-state index in [1.54, 1.807) is 0 Å². The molecule has 0 amide bonds. The Morgan fingerprint density at radius 1 is 0.750 bits per heavy atom. The molecule has 0 heterocycles. The van der Waals surface area contributed by atoms with Crippen molar-refractivity contribution >= 4 is 6.08 Å². The molecule has 0 N–H and O–H groups in total. The first kappa shape index (κ1) is 17.7. The number of hydrogen-bond acceptors (Lipinski definition) is 2. The Labute approximate surface area is 132 Å². The van der Waals surface area contributed by atoms with Crippen LogP contribution in [0.15, 0.2) is 49.0 Å². The van der Waals surface area contributed by atoms with E-state index in [4.69, 9.17) is 0 Å². The van der Waals surface area contributed by atoms with Crippen molar-refractivity contribution in [3.8, 4) is 22.6 Å². The van der Waals surface area contributed by atoms with Gasteiger partial charge in [0.25, 0.3) is 0 Å². The molecular formula is C16H10F6O2. The highest BCUT2D eigenvalue weighted by Gasteiger charge is 2.32. The Balaban J connectivity index is 2.32. The molecule has 2 rings (SSSR count). The highest BCUT2D eigenvalue weighted by atomic mass is 19.4. The Morgan fingerprint density at radius 3 is 1.79 bits per heavy atom. The normalized spacial score (nSPS) is 11.9. The van der Waals surface area contributed by atoms with E-state index in [0.717, 1.165) is 18.2 Å². The predicted octanol–water partition coefficient (Wildman–Crippen LogP) is 5.79. The van der Waals surface area contributed by atoms with Crippen molar-refractivity contribution in [3.05, 3.63) is 54.6 Å². The first-order valence-corrected chi connectivity index (χ1v) is 6.46. The maximum Gasteiger partial charge on any atom is 0.573 e. The second-order valence-corrected chi connectivity index (χ2v) is 4.58. The number of benzene rings is 2. The van der Waals surface area contributed by atoms with Gasteiger partial charge in [-0.05, 0) is 29.3 Å². The van der Waals surface area contributed by atoms with Crippen molar-refractivity contribution in [2.45, 2.75) is 12.7 Å². The standard InChI is InChI=1S/C16H10F6O2/c1-2-10-3-4-12(9-14(10)24-16(20,21)22)11-5-7-13(8-6-11)23-15(17,18)19/h2-9H,1H2. The molecule has 0 saturated heterocycles. The van der Waals surface area contributed by atoms with Gasteiger partial charge in [-0.25, -0.2) is 0 Å². The Hall–Kier alpha value is -2.64. The van der Waals surface area contributed by atoms with Crippen molar-refractivity contribution in [3.63, 3.8) is 0 Å². The molecule has 0 bridgehead atoms. The summed E-state index contributed by atoms with van der Waals surface area (Å²) < 4.78 is 81.2. The molecule has 0 aliphatic rings. The molecule has 128 valence electrons. The summed E-state index contributed by atoms with van der Waals surface area (Å²) in [5.74, 6) is -0.883. The topological polar surface area (TPSA) is 18.5 Å². The van der Waals surface area contributed by atoms with E-state index in [9.17, 15) is 26.3 Å². The third kappa shape index (κ3) is 4.94. The van der Waals surface area contributed by atoms with Crippen molar-refractivity contribution in [1.82, 2.24) is 0 Å². The van der Waals surface area contributed by atoms with E-state index in [0.29, 0.717) is 11.1 Å². The van der Waals surface area contributed by atoms with Gasteiger partial charge in [-0.3, -0.25) is 0 Å². The van der Waals surface area contributed by atoms with Gasteiger partial charge < -0.3 is 9.47 Å². The number of halogens is 6. The lowest BCUT2D eigenvalue weighted by atomic mass is 10.0. The fourth-order valence-corrected chi connectivity index (χ4v) is 1.94. The van der Waals surface area contributed by atoms with Crippen LogP contribution in [-0.2, 0) is 0 Å². The summed E-state index contributed by atoms with van der Waals surface area (Å²) in [4.78, 5) is 0. The van der Waals surface area contributed by atoms with Crippen LogP contribution in [0.1, 0.15) is 5.56 Å². The molecule has 0 aliphatic heterocycles. The van der Waals surface area contributed by atoms with E-state index in [2.05, 4.69) is 16.1 Å². The van der Waals surface area contributed by atoms with Gasteiger partial charge in [-0.15, -0.1) is 26.3 Å². The zero-order valence-electron chi connectivity index (χ0n) is 11.9. The smallest absolute Gasteiger partial charge is 0.406 e. The van der Waals surface area contributed by atoms with Gasteiger partial charge in [-0.1, -0.05) is 36.9 Å². The van der Waals surface area contributed by atoms with Crippen LogP contribution in [0.2, 0.25) is 0 Å². The third-order valence-electron chi connectivity index (χ3n) is 2.88. The van der Waals surface area contributed by atoms with Gasteiger partial charge >= 0.3 is 12.7 Å². The molecule has 24 heavy (non-hydrogen) atoms. The molecule has 0 radical (unpaired) electrons. The number of hydrogen-bond donors (Lipinski definition) is 0. The molecule has 2 aromatic rings. The second kappa shape index (κ2) is 6.46. The van der Waals surface area contributed by atoms with E-state index in [1.165, 1.54) is 30.3 Å². The maximum atomic E-state index is 12.4. The first-order chi connectivity index (χ1) is 11.1. The van der Waals surface area contributed by atoms with Gasteiger partial charge in [0, 0.05) is 5.56 Å². The minimum absolute atomic E-state index is 0.132. The van der Waals surface area contributed by atoms with Crippen LogP contribution >= 0.6 is 0 Å². The van der Waals surface area contributed by atoms with Gasteiger partial charge in [0.1, 0.15) is 11.5 Å². The van der Waals surface area contributed by atoms with E-state index in [-0.39, 0.29) is 5.56 Å². The largest absolute Gasteiger partial charge is 0.573 e. The van der Waals surface area contributed by atoms with E-state index >= 15 is 0 Å². The molecule has 0 unspecified atom stereocenters. The molecular weight excluding hydrogens is 338 g/mol. The first-order valence-electron chi connectivity index (χ1n) is 6.46. The lowest BCUT2D eigenvalue weighted by molar-refractivity contribution is -0.275. The summed E-state index contributed by atoms with van der Waals surface area (Å²) in [7, 11) is 0. The molecule has 0 atom stereocenters. The monoisotopic (exact) mass is 348 g/mol. The van der Waals surface area contributed by atoms with Gasteiger partial charge in [0.05, 0.1) is 0 Å². The molecule has 0 fully saturated rings. The van der Waals surface area contributed by atoms with Crippen LogP contribution in [-0.4, -0.2) is 12.7 Å². The molecule has 2 nitrogen and oxygen atoms in total. The minimum atomic E-state index is -4.87. The third-order valence-corrected chi connectivity index (χ3v) is 2.88. The average molecular weight is 348 g/mol. The lowest BCUT2D eigenvalue weighted by Crippen LogP contribution is -2.17. The molecule has 0 saturated carbocycles. The van der Waals surface area contributed by atoms with E-state index in [1.807, 2.05) is 0 Å². The van der Waals surface area contributed by atoms with Gasteiger partial charge in [-0.2, -0.15) is 0 Å². The quantitative estimate of drug-likeness (QED) is 0.651. The SMILES string of the molecule is C=Cc1ccc(-c2ccc(OC(F)(F)F)cc2)cc1OC(F)(F)F. The predicted molar refractivity (Wildman–Crippen MR) is 75.3 cm³/mol. The zero-order chi connectivity index (χ0) is 18.0. The van der Waals surface area contributed by atoms with Crippen LogP contribution in [0.4, 0.5) is 26.3 Å². The van der Waals surface area contributed by atoms with Crippen LogP contribution in [0.25, 0.3) is 17.2 Å². The summed E-state index contributed by atoms with van der Waals surface area (Å²) in [6, 6.07) is 8.71. The van der Waals surface area contributed by atoms with Crippen molar-refractivity contribution in [2.75, 3.05) is 0 Å². The summed E-state index contributed by atoms with van der Waals surface area (Å²) in [5, 5.41) is 0. The van der Waals surface area contributed by atoms with Crippen molar-refractivity contribution < 1.29 is 35.8 Å². The summed E-state index contributed by atoms with van der Waals surface area (Å²) in [6.45, 7) is 3.40. The van der Waals surface area contributed by atoms with Crippen LogP contribution in [0.3, 0.4) is 0 Å². The summed E-state index contributed by atoms with van der Waals surface area (Å²) in [5.41, 5.74) is 0.860. The van der Waals surface area contributed by atoms with Crippen LogP contribution in [0.5, 0.6) is 11.5 Å². The highest BCUT2D eigenvalue weighted by molar-refractivity contribution is 5.70. The van der Waals surface area contributed by atoms with Crippen molar-refractivity contribution in [2.24, 2.45) is 0 Å². The van der Waals surface area contributed by atoms with Crippen molar-refractivity contribution in [1.29, 1.82) is 0 Å². The average Bonchev–Trinajstić information content (AvgIpc) is 2.44. The number of alkyl halides is 6. The summed E-state index contributed by atoms with van der Waals surface area (Å²) in [6.07, 6.45) is -8.49. The Kier molecular flexibility index (Phi) is 4.77. The van der Waals surface area contributed by atoms with E-state index < -0.39 is 24.2 Å². The maximum absolute atomic E-state index is 12.4. The Morgan fingerprint density at radius 2 is 1.29 bits per heavy atom. The Bertz CT molecular complexity index is 717. The second-order valence-electron chi connectivity index (χ2n) is 4.58. The van der Waals surface area contributed by atoms with Gasteiger partial charge in [0.15, 0.2) is 0 Å². The number of ether oxygens (including phenoxy) is 2. The molecule has 0 spiro atoms. The highest BCUT2D eigenvalue weighted by Crippen LogP contribution is 2.33. The van der Waals surface area contributed by atoms with Crippen LogP contribution in [0, 0.1) is 0 Å². The lowest BCUT2D eigenvalue weighted by Gasteiger charge is -2.13. The fourth-order valence-electron chi connectivity index (χ4n) is 1.94. The molecule has 0 aliphatic carbocycles. The zero-order valence-corrected chi connectivity index (χ0v) is 11.9. The van der Waals surface area contributed by atoms with Crippen LogP contribution < -0.4 is 9.47 Å². The molecule has 8 heteroatoms. The minimum Gasteiger partial charge on any atom is -0.406 e. The van der Waals surface area contributed by atoms with Gasteiger partial charge in [0.2, 0.25) is 0 Å². The molecule has 2 aromatic carbocycles.